The Labute approximate surface area is 118 Å². The maximum atomic E-state index is 11.6. The van der Waals surface area contributed by atoms with E-state index < -0.39 is 0 Å². The summed E-state index contributed by atoms with van der Waals surface area (Å²) < 4.78 is 0. The molecular weight excluding hydrogens is 244 g/mol. The van der Waals surface area contributed by atoms with E-state index in [9.17, 15) is 4.79 Å². The highest BCUT2D eigenvalue weighted by atomic mass is 16.1. The summed E-state index contributed by atoms with van der Waals surface area (Å²) in [6.45, 7) is 1.88. The van der Waals surface area contributed by atoms with Crippen LogP contribution in [-0.2, 0) is 4.79 Å². The fraction of sp³-hybridized carbons (Fsp3) is 0.105. The zero-order valence-corrected chi connectivity index (χ0v) is 11.5. The lowest BCUT2D eigenvalue weighted by atomic mass is 10.1. The molecule has 3 rings (SSSR count). The Morgan fingerprint density at radius 2 is 1.55 bits per heavy atom. The summed E-state index contributed by atoms with van der Waals surface area (Å²) in [5.74, 6) is 0.156. The molecule has 1 aromatic rings. The van der Waals surface area contributed by atoms with Crippen molar-refractivity contribution in [2.75, 3.05) is 0 Å². The maximum Gasteiger partial charge on any atom is 0.155 e. The van der Waals surface area contributed by atoms with Crippen molar-refractivity contribution in [3.05, 3.63) is 66.2 Å². The fourth-order valence-corrected chi connectivity index (χ4v) is 2.59. The molecule has 0 unspecified atom stereocenters. The molecule has 2 aliphatic carbocycles. The second kappa shape index (κ2) is 5.30. The summed E-state index contributed by atoms with van der Waals surface area (Å²) in [7, 11) is 0. The average Bonchev–Trinajstić information content (AvgIpc) is 2.65. The molecule has 0 aromatic heterocycles. The Kier molecular flexibility index (Phi) is 3.34. The van der Waals surface area contributed by atoms with Crippen LogP contribution in [0.4, 0.5) is 0 Å². The zero-order valence-electron chi connectivity index (χ0n) is 11.5. The summed E-state index contributed by atoms with van der Waals surface area (Å²) in [5.41, 5.74) is 3.55. The van der Waals surface area contributed by atoms with Crippen molar-refractivity contribution in [2.24, 2.45) is 0 Å². The molecule has 0 radical (unpaired) electrons. The zero-order chi connectivity index (χ0) is 13.9. The van der Waals surface area contributed by atoms with Gasteiger partial charge in [0, 0.05) is 6.42 Å². The van der Waals surface area contributed by atoms with E-state index in [0.717, 1.165) is 5.56 Å². The monoisotopic (exact) mass is 260 g/mol. The fourth-order valence-electron chi connectivity index (χ4n) is 2.59. The highest BCUT2D eigenvalue weighted by Gasteiger charge is 2.13. The van der Waals surface area contributed by atoms with E-state index >= 15 is 0 Å². The van der Waals surface area contributed by atoms with Crippen molar-refractivity contribution in [2.45, 2.75) is 13.3 Å². The molecule has 0 saturated carbocycles. The van der Waals surface area contributed by atoms with Gasteiger partial charge in [0.05, 0.1) is 0 Å². The Morgan fingerprint density at radius 1 is 0.900 bits per heavy atom. The van der Waals surface area contributed by atoms with Crippen molar-refractivity contribution in [3.8, 4) is 11.1 Å². The number of hydrogen-bond donors (Lipinski definition) is 0. The smallest absolute Gasteiger partial charge is 0.155 e. The van der Waals surface area contributed by atoms with Gasteiger partial charge in [0.2, 0.25) is 0 Å². The van der Waals surface area contributed by atoms with Crippen LogP contribution in [0.25, 0.3) is 28.0 Å². The Morgan fingerprint density at radius 3 is 2.30 bits per heavy atom. The molecule has 0 N–H and O–H groups in total. The lowest BCUT2D eigenvalue weighted by molar-refractivity contribution is -0.114. The normalized spacial score (nSPS) is 11.4. The second-order valence-electron chi connectivity index (χ2n) is 4.85. The number of ketones is 1. The van der Waals surface area contributed by atoms with Crippen LogP contribution in [0.3, 0.4) is 0 Å². The lowest BCUT2D eigenvalue weighted by Crippen LogP contribution is -1.86. The maximum absolute atomic E-state index is 11.6. The Hall–Kier alpha value is -2.41. The average molecular weight is 260 g/mol. The summed E-state index contributed by atoms with van der Waals surface area (Å²) in [6, 6.07) is 18.7. The first-order chi connectivity index (χ1) is 9.81. The van der Waals surface area contributed by atoms with Gasteiger partial charge in [0.1, 0.15) is 0 Å². The van der Waals surface area contributed by atoms with Gasteiger partial charge in [-0.3, -0.25) is 4.79 Å². The molecule has 1 heteroatoms. The van der Waals surface area contributed by atoms with Gasteiger partial charge in [0.25, 0.3) is 0 Å². The Bertz CT molecular complexity index is 768. The van der Waals surface area contributed by atoms with E-state index in [1.165, 1.54) is 21.9 Å². The standard InChI is InChI=1S/C19H16O/c1-2-14(20)12-13-19-17-9-5-3-4-8-15(17)16-10-6-7-11-18(16)19/h3-13H,2H2,1H3/b13-12+. The van der Waals surface area contributed by atoms with Crippen molar-refractivity contribution < 1.29 is 4.79 Å². The summed E-state index contributed by atoms with van der Waals surface area (Å²) in [5, 5.41) is 2.44. The summed E-state index contributed by atoms with van der Waals surface area (Å²) in [6.07, 6.45) is 4.19. The number of carbonyl (C=O) groups is 1. The van der Waals surface area contributed by atoms with Gasteiger partial charge >= 0.3 is 0 Å². The SMILES string of the molecule is CCC(=O)/C=C/c1c2cccccc-2c2ccccc12. The molecule has 0 aliphatic heterocycles. The van der Waals surface area contributed by atoms with Crippen LogP contribution >= 0.6 is 0 Å². The highest BCUT2D eigenvalue weighted by Crippen LogP contribution is 2.38. The molecule has 0 bridgehead atoms. The largest absolute Gasteiger partial charge is 0.295 e. The topological polar surface area (TPSA) is 17.1 Å². The van der Waals surface area contributed by atoms with Crippen LogP contribution < -0.4 is 0 Å². The lowest BCUT2D eigenvalue weighted by Gasteiger charge is -1.95. The molecule has 2 aliphatic rings. The van der Waals surface area contributed by atoms with Gasteiger partial charge in [-0.15, -0.1) is 0 Å². The molecule has 1 aromatic carbocycles. The first-order valence-electron chi connectivity index (χ1n) is 6.91. The predicted octanol–water partition coefficient (Wildman–Crippen LogP) is 4.94. The van der Waals surface area contributed by atoms with Gasteiger partial charge in [0.15, 0.2) is 5.78 Å². The van der Waals surface area contributed by atoms with E-state index in [1.807, 2.05) is 31.2 Å². The first kappa shape index (κ1) is 12.6. The number of carbonyl (C=O) groups excluding carboxylic acids is 1. The van der Waals surface area contributed by atoms with E-state index in [2.05, 4.69) is 36.4 Å². The third-order valence-electron chi connectivity index (χ3n) is 3.62. The van der Waals surface area contributed by atoms with Crippen LogP contribution in [0.15, 0.2) is 60.7 Å². The number of allylic oxidation sites excluding steroid dienone is 1. The van der Waals surface area contributed by atoms with E-state index in [1.54, 1.807) is 6.08 Å². The molecule has 0 atom stereocenters. The molecule has 0 fully saturated rings. The quantitative estimate of drug-likeness (QED) is 0.610. The van der Waals surface area contributed by atoms with Crippen LogP contribution in [0.1, 0.15) is 18.9 Å². The third kappa shape index (κ3) is 2.12. The number of fused-ring (bicyclic) bond motifs is 3. The van der Waals surface area contributed by atoms with Gasteiger partial charge in [-0.05, 0) is 33.5 Å². The van der Waals surface area contributed by atoms with Crippen LogP contribution in [-0.4, -0.2) is 5.78 Å². The van der Waals surface area contributed by atoms with Crippen LogP contribution in [0.2, 0.25) is 0 Å². The van der Waals surface area contributed by atoms with Crippen LogP contribution in [0.5, 0.6) is 0 Å². The third-order valence-corrected chi connectivity index (χ3v) is 3.62. The summed E-state index contributed by atoms with van der Waals surface area (Å²) >= 11 is 0. The molecule has 20 heavy (non-hydrogen) atoms. The minimum Gasteiger partial charge on any atom is -0.295 e. The van der Waals surface area contributed by atoms with Gasteiger partial charge < -0.3 is 0 Å². The van der Waals surface area contributed by atoms with Crippen molar-refractivity contribution in [1.82, 2.24) is 0 Å². The van der Waals surface area contributed by atoms with E-state index in [-0.39, 0.29) is 5.78 Å². The van der Waals surface area contributed by atoms with Crippen molar-refractivity contribution in [3.63, 3.8) is 0 Å². The first-order valence-corrected chi connectivity index (χ1v) is 6.91. The van der Waals surface area contributed by atoms with E-state index in [0.29, 0.717) is 6.42 Å². The molecule has 98 valence electrons. The van der Waals surface area contributed by atoms with Crippen molar-refractivity contribution >= 4 is 22.6 Å². The molecule has 0 heterocycles. The second-order valence-corrected chi connectivity index (χ2v) is 4.85. The number of benzene rings is 1. The minimum absolute atomic E-state index is 0.156. The Balaban J connectivity index is 2.29. The van der Waals surface area contributed by atoms with Gasteiger partial charge in [-0.25, -0.2) is 0 Å². The van der Waals surface area contributed by atoms with Crippen LogP contribution in [0, 0.1) is 0 Å². The van der Waals surface area contributed by atoms with Crippen molar-refractivity contribution in [1.29, 1.82) is 0 Å². The molecule has 0 saturated heterocycles. The van der Waals surface area contributed by atoms with Gasteiger partial charge in [-0.1, -0.05) is 67.6 Å². The number of hydrogen-bond acceptors (Lipinski definition) is 1. The molecule has 1 nitrogen and oxygen atoms in total. The highest BCUT2D eigenvalue weighted by molar-refractivity contribution is 6.10. The molecular formula is C19H16O. The minimum atomic E-state index is 0.156. The molecule has 0 amide bonds. The molecule has 0 spiro atoms. The predicted molar refractivity (Wildman–Crippen MR) is 84.9 cm³/mol. The van der Waals surface area contributed by atoms with Gasteiger partial charge in [-0.2, -0.15) is 0 Å². The number of rotatable bonds is 3. The summed E-state index contributed by atoms with van der Waals surface area (Å²) in [4.78, 5) is 11.6. The van der Waals surface area contributed by atoms with E-state index in [4.69, 9.17) is 0 Å².